The first-order valence-corrected chi connectivity index (χ1v) is 12.7. The highest BCUT2D eigenvalue weighted by Gasteiger charge is 2.46. The highest BCUT2D eigenvalue weighted by Crippen LogP contribution is 2.52. The number of benzene rings is 1. The Hall–Kier alpha value is -1.02. The lowest BCUT2D eigenvalue weighted by atomic mass is 9.57. The van der Waals surface area contributed by atoms with Gasteiger partial charge < -0.3 is 10.4 Å². The van der Waals surface area contributed by atoms with Crippen LogP contribution in [0.25, 0.3) is 0 Å². The number of rotatable bonds is 2. The standard InChI is InChI=1S/C29H49NO/c1-26(2,3)22-15-19(16-23(25(22)31)27(4,5)6)20-13-11-12-14-21(20)24-17-29(9,10)30-18-28(24,7)8/h15-16,20-21,24,30-31H,11-14,17-18H2,1-10H3. The SMILES string of the molecule is CC1(C)CC(C2CCCCC2c2cc(C(C)(C)C)c(O)c(C(C)(C)C)c2)C(C)(C)CN1. The zero-order valence-corrected chi connectivity index (χ0v) is 22.1. The van der Waals surface area contributed by atoms with Crippen molar-refractivity contribution in [3.63, 3.8) is 0 Å². The normalized spacial score (nSPS) is 29.0. The van der Waals surface area contributed by atoms with Crippen LogP contribution in [0.1, 0.15) is 124 Å². The average molecular weight is 428 g/mol. The van der Waals surface area contributed by atoms with Crippen molar-refractivity contribution in [2.75, 3.05) is 6.54 Å². The summed E-state index contributed by atoms with van der Waals surface area (Å²) < 4.78 is 0. The second kappa shape index (κ2) is 8.08. The smallest absolute Gasteiger partial charge is 0.123 e. The lowest BCUT2D eigenvalue weighted by Gasteiger charge is -2.52. The van der Waals surface area contributed by atoms with Crippen LogP contribution in [0.15, 0.2) is 12.1 Å². The van der Waals surface area contributed by atoms with Crippen molar-refractivity contribution in [1.82, 2.24) is 5.32 Å². The van der Waals surface area contributed by atoms with Gasteiger partial charge in [0.25, 0.3) is 0 Å². The summed E-state index contributed by atoms with van der Waals surface area (Å²) in [5.41, 5.74) is 4.09. The van der Waals surface area contributed by atoms with Gasteiger partial charge in [-0.25, -0.2) is 0 Å². The molecule has 3 unspecified atom stereocenters. The van der Waals surface area contributed by atoms with Gasteiger partial charge in [0.1, 0.15) is 5.75 Å². The Morgan fingerprint density at radius 1 is 0.871 bits per heavy atom. The van der Waals surface area contributed by atoms with Crippen LogP contribution in [0.3, 0.4) is 0 Å². The Morgan fingerprint density at radius 3 is 1.90 bits per heavy atom. The number of nitrogens with one attached hydrogen (secondary N) is 1. The van der Waals surface area contributed by atoms with Crippen LogP contribution < -0.4 is 5.32 Å². The summed E-state index contributed by atoms with van der Waals surface area (Å²) in [5, 5.41) is 15.0. The fraction of sp³-hybridized carbons (Fsp3) is 0.793. The van der Waals surface area contributed by atoms with Gasteiger partial charge in [-0.15, -0.1) is 0 Å². The number of phenols is 1. The van der Waals surface area contributed by atoms with Gasteiger partial charge >= 0.3 is 0 Å². The monoisotopic (exact) mass is 427 g/mol. The summed E-state index contributed by atoms with van der Waals surface area (Å²) >= 11 is 0. The number of hydrogen-bond donors (Lipinski definition) is 2. The Morgan fingerprint density at radius 2 is 1.39 bits per heavy atom. The molecule has 1 aliphatic heterocycles. The van der Waals surface area contributed by atoms with Gasteiger partial charge in [-0.1, -0.05) is 80.4 Å². The van der Waals surface area contributed by atoms with Crippen LogP contribution in [0.4, 0.5) is 0 Å². The first-order chi connectivity index (χ1) is 14.0. The van der Waals surface area contributed by atoms with Crippen LogP contribution in [0, 0.1) is 17.3 Å². The molecule has 0 amide bonds. The zero-order valence-electron chi connectivity index (χ0n) is 22.1. The maximum atomic E-state index is 11.2. The van der Waals surface area contributed by atoms with E-state index in [9.17, 15) is 5.11 Å². The predicted molar refractivity (Wildman–Crippen MR) is 134 cm³/mol. The minimum absolute atomic E-state index is 0.0692. The Bertz CT molecular complexity index is 755. The topological polar surface area (TPSA) is 32.3 Å². The van der Waals surface area contributed by atoms with E-state index < -0.39 is 0 Å². The van der Waals surface area contributed by atoms with Crippen molar-refractivity contribution in [3.05, 3.63) is 28.8 Å². The third kappa shape index (κ3) is 5.15. The van der Waals surface area contributed by atoms with Crippen molar-refractivity contribution in [2.24, 2.45) is 17.3 Å². The second-order valence-corrected chi connectivity index (χ2v) is 14.1. The van der Waals surface area contributed by atoms with Crippen LogP contribution in [0.2, 0.25) is 0 Å². The fourth-order valence-electron chi connectivity index (χ4n) is 6.30. The average Bonchev–Trinajstić information content (AvgIpc) is 2.62. The molecule has 0 aromatic heterocycles. The molecule has 0 spiro atoms. The Balaban J connectivity index is 2.11. The molecule has 2 fully saturated rings. The summed E-state index contributed by atoms with van der Waals surface area (Å²) in [6.07, 6.45) is 6.55. The second-order valence-electron chi connectivity index (χ2n) is 14.1. The summed E-state index contributed by atoms with van der Waals surface area (Å²) in [6, 6.07) is 4.74. The highest BCUT2D eigenvalue weighted by molar-refractivity contribution is 5.50. The molecule has 0 radical (unpaired) electrons. The molecule has 1 aliphatic carbocycles. The quantitative estimate of drug-likeness (QED) is 0.507. The number of piperidine rings is 1. The van der Waals surface area contributed by atoms with E-state index in [4.69, 9.17) is 0 Å². The molecule has 2 N–H and O–H groups in total. The molecule has 2 heteroatoms. The van der Waals surface area contributed by atoms with Gasteiger partial charge in [0.15, 0.2) is 0 Å². The van der Waals surface area contributed by atoms with Crippen molar-refractivity contribution in [2.45, 2.75) is 124 Å². The lowest BCUT2D eigenvalue weighted by molar-refractivity contribution is 0.0213. The molecular weight excluding hydrogens is 378 g/mol. The van der Waals surface area contributed by atoms with E-state index in [-0.39, 0.29) is 16.4 Å². The molecular formula is C29H49NO. The van der Waals surface area contributed by atoms with E-state index in [1.54, 1.807) is 0 Å². The Labute approximate surface area is 192 Å². The third-order valence-electron chi connectivity index (χ3n) is 8.27. The van der Waals surface area contributed by atoms with Crippen LogP contribution in [-0.4, -0.2) is 17.2 Å². The molecule has 1 saturated carbocycles. The maximum Gasteiger partial charge on any atom is 0.123 e. The van der Waals surface area contributed by atoms with E-state index in [1.165, 1.54) is 37.7 Å². The largest absolute Gasteiger partial charge is 0.507 e. The molecule has 1 heterocycles. The van der Waals surface area contributed by atoms with Gasteiger partial charge in [-0.05, 0) is 83.8 Å². The first kappa shape index (κ1) is 24.6. The zero-order chi connectivity index (χ0) is 23.4. The highest BCUT2D eigenvalue weighted by atomic mass is 16.3. The van der Waals surface area contributed by atoms with Gasteiger partial charge in [0.2, 0.25) is 0 Å². The van der Waals surface area contributed by atoms with Crippen molar-refractivity contribution >= 4 is 0 Å². The van der Waals surface area contributed by atoms with Crippen LogP contribution >= 0.6 is 0 Å². The summed E-state index contributed by atoms with van der Waals surface area (Å²) in [7, 11) is 0. The predicted octanol–water partition coefficient (Wildman–Crippen LogP) is 7.68. The molecule has 3 rings (SSSR count). The fourth-order valence-corrected chi connectivity index (χ4v) is 6.30. The molecule has 31 heavy (non-hydrogen) atoms. The molecule has 2 aliphatic rings. The lowest BCUT2D eigenvalue weighted by Crippen LogP contribution is -2.56. The van der Waals surface area contributed by atoms with E-state index in [0.29, 0.717) is 17.1 Å². The minimum Gasteiger partial charge on any atom is -0.507 e. The van der Waals surface area contributed by atoms with Crippen molar-refractivity contribution in [1.29, 1.82) is 0 Å². The molecule has 1 aromatic rings. The van der Waals surface area contributed by atoms with Gasteiger partial charge in [-0.2, -0.15) is 0 Å². The Kier molecular flexibility index (Phi) is 6.42. The van der Waals surface area contributed by atoms with Gasteiger partial charge in [-0.3, -0.25) is 0 Å². The summed E-state index contributed by atoms with van der Waals surface area (Å²) in [5.74, 6) is 2.54. The molecule has 1 saturated heterocycles. The van der Waals surface area contributed by atoms with E-state index in [2.05, 4.69) is 86.7 Å². The summed E-state index contributed by atoms with van der Waals surface area (Å²) in [6.45, 7) is 24.2. The number of phenolic OH excluding ortho intramolecular Hbond substituents is 1. The van der Waals surface area contributed by atoms with Crippen LogP contribution in [-0.2, 0) is 10.8 Å². The van der Waals surface area contributed by atoms with Crippen molar-refractivity contribution in [3.8, 4) is 5.75 Å². The molecule has 1 aromatic carbocycles. The molecule has 0 bridgehead atoms. The molecule has 3 atom stereocenters. The van der Waals surface area contributed by atoms with E-state index >= 15 is 0 Å². The molecule has 176 valence electrons. The summed E-state index contributed by atoms with van der Waals surface area (Å²) in [4.78, 5) is 0. The van der Waals surface area contributed by atoms with Gasteiger partial charge in [0.05, 0.1) is 0 Å². The van der Waals surface area contributed by atoms with Crippen LogP contribution in [0.5, 0.6) is 5.75 Å². The number of aromatic hydroxyl groups is 1. The number of hydrogen-bond acceptors (Lipinski definition) is 2. The first-order valence-electron chi connectivity index (χ1n) is 12.7. The van der Waals surface area contributed by atoms with E-state index in [0.717, 1.165) is 29.5 Å². The maximum absolute atomic E-state index is 11.2. The molecule has 2 nitrogen and oxygen atoms in total. The van der Waals surface area contributed by atoms with E-state index in [1.807, 2.05) is 0 Å². The van der Waals surface area contributed by atoms with Gasteiger partial charge in [0, 0.05) is 12.1 Å². The minimum atomic E-state index is -0.0692. The van der Waals surface area contributed by atoms with Crippen molar-refractivity contribution < 1.29 is 5.11 Å². The third-order valence-corrected chi connectivity index (χ3v) is 8.27.